The normalized spacial score (nSPS) is 10.8. The van der Waals surface area contributed by atoms with Gasteiger partial charge in [0, 0.05) is 35.7 Å². The Kier molecular flexibility index (Phi) is 9.95. The summed E-state index contributed by atoms with van der Waals surface area (Å²) in [7, 11) is 0. The van der Waals surface area contributed by atoms with Crippen LogP contribution in [0.2, 0.25) is 0 Å². The van der Waals surface area contributed by atoms with Crippen LogP contribution < -0.4 is 26.4 Å². The predicted molar refractivity (Wildman–Crippen MR) is 197 cm³/mol. The van der Waals surface area contributed by atoms with E-state index in [0.717, 1.165) is 17.7 Å². The number of aryl methyl sites for hydroxylation is 1. The lowest BCUT2D eigenvalue weighted by molar-refractivity contribution is -0.694. The first kappa shape index (κ1) is 31.2. The monoisotopic (exact) mass is 607 g/mol. The summed E-state index contributed by atoms with van der Waals surface area (Å²) >= 11 is 0. The van der Waals surface area contributed by atoms with Crippen LogP contribution in [0, 0.1) is 6.92 Å². The Labute approximate surface area is 278 Å². The van der Waals surface area contributed by atoms with E-state index in [-0.39, 0.29) is 5.78 Å². The molecule has 228 valence electrons. The molecule has 7 aromatic rings. The van der Waals surface area contributed by atoms with Gasteiger partial charge in [0.15, 0.2) is 24.2 Å². The molecule has 6 aromatic carbocycles. The molecule has 3 heteroatoms. The van der Waals surface area contributed by atoms with Gasteiger partial charge in [-0.2, -0.15) is 26.4 Å². The van der Waals surface area contributed by atoms with Crippen molar-refractivity contribution in [3.05, 3.63) is 223 Å². The number of pyridine rings is 1. The maximum atomic E-state index is 12.4. The minimum atomic E-state index is -1.22. The third-order valence-electron chi connectivity index (χ3n) is 8.97. The van der Waals surface area contributed by atoms with E-state index in [4.69, 9.17) is 0 Å². The largest absolute Gasteiger partial charge is 0.289 e. The van der Waals surface area contributed by atoms with Gasteiger partial charge in [0.25, 0.3) is 0 Å². The molecular formula is C44H38BNO. The number of rotatable bonds is 8. The SMILES string of the molecule is Cc1cccc[n+]1Cc1ccc(C(=O)c2ccccc2)cc1.c1ccc([B-](c2ccccc2)(c2ccccc2)c2ccccc2)cc1. The Balaban J connectivity index is 0.000000166. The fourth-order valence-electron chi connectivity index (χ4n) is 6.58. The maximum absolute atomic E-state index is 12.4. The van der Waals surface area contributed by atoms with Crippen molar-refractivity contribution in [2.75, 3.05) is 0 Å². The number of carbonyl (C=O) groups excluding carboxylic acids is 1. The van der Waals surface area contributed by atoms with E-state index in [9.17, 15) is 4.79 Å². The Bertz CT molecular complexity index is 1830. The zero-order valence-corrected chi connectivity index (χ0v) is 26.7. The average Bonchev–Trinajstić information content (AvgIpc) is 3.15. The number of ketones is 1. The molecule has 1 aromatic heterocycles. The molecule has 0 N–H and O–H groups in total. The molecular weight excluding hydrogens is 569 g/mol. The summed E-state index contributed by atoms with van der Waals surface area (Å²) in [6.45, 7) is 2.90. The Morgan fingerprint density at radius 3 is 1.21 bits per heavy atom. The molecule has 0 fully saturated rings. The topological polar surface area (TPSA) is 20.9 Å². The summed E-state index contributed by atoms with van der Waals surface area (Å²) in [6, 6.07) is 66.9. The minimum absolute atomic E-state index is 0.0655. The summed E-state index contributed by atoms with van der Waals surface area (Å²) in [5, 5.41) is 0. The molecule has 0 saturated heterocycles. The van der Waals surface area contributed by atoms with Crippen molar-refractivity contribution >= 4 is 33.8 Å². The molecule has 47 heavy (non-hydrogen) atoms. The van der Waals surface area contributed by atoms with Crippen LogP contribution in [0.3, 0.4) is 0 Å². The molecule has 0 aliphatic carbocycles. The lowest BCUT2D eigenvalue weighted by Gasteiger charge is -2.44. The van der Waals surface area contributed by atoms with Crippen LogP contribution in [0.5, 0.6) is 0 Å². The Morgan fingerprint density at radius 2 is 0.809 bits per heavy atom. The first-order valence-electron chi connectivity index (χ1n) is 16.2. The minimum Gasteiger partial charge on any atom is -0.289 e. The van der Waals surface area contributed by atoms with E-state index in [1.54, 1.807) is 0 Å². The summed E-state index contributed by atoms with van der Waals surface area (Å²) < 4.78 is 2.19. The van der Waals surface area contributed by atoms with Gasteiger partial charge in [-0.15, -0.1) is 0 Å². The summed E-state index contributed by atoms with van der Waals surface area (Å²) in [5.74, 6) is 0.0655. The first-order valence-corrected chi connectivity index (χ1v) is 16.2. The third-order valence-corrected chi connectivity index (χ3v) is 8.97. The zero-order valence-electron chi connectivity index (χ0n) is 26.7. The van der Waals surface area contributed by atoms with E-state index in [0.29, 0.717) is 0 Å². The van der Waals surface area contributed by atoms with Gasteiger partial charge in [-0.3, -0.25) is 4.79 Å². The second-order valence-electron chi connectivity index (χ2n) is 11.9. The smallest absolute Gasteiger partial charge is 0.193 e. The van der Waals surface area contributed by atoms with Gasteiger partial charge in [0.05, 0.1) is 0 Å². The summed E-state index contributed by atoms with van der Waals surface area (Å²) in [6.07, 6.45) is 0.852. The number of hydrogen-bond acceptors (Lipinski definition) is 1. The first-order chi connectivity index (χ1) is 23.2. The maximum Gasteiger partial charge on any atom is 0.193 e. The van der Waals surface area contributed by atoms with Gasteiger partial charge in [-0.05, 0) is 0 Å². The van der Waals surface area contributed by atoms with E-state index >= 15 is 0 Å². The fraction of sp³-hybridized carbons (Fsp3) is 0.0455. The fourth-order valence-corrected chi connectivity index (χ4v) is 6.58. The Morgan fingerprint density at radius 1 is 0.447 bits per heavy atom. The standard InChI is InChI=1S/C24H20B.C20H18NO/c1-5-13-21(14-6-1)25(22-15-7-2-8-16-22,23-17-9-3-10-18-23)24-19-11-4-12-20-24;1-16-7-5-6-14-21(16)15-17-10-12-19(13-11-17)20(22)18-8-3-2-4-9-18/h1-20H;2-14H,15H2,1H3/q-1;+1. The van der Waals surface area contributed by atoms with Crippen LogP contribution in [-0.4, -0.2) is 11.9 Å². The molecule has 0 atom stereocenters. The van der Waals surface area contributed by atoms with Crippen LogP contribution in [0.15, 0.2) is 200 Å². The lowest BCUT2D eigenvalue weighted by Crippen LogP contribution is -2.74. The second-order valence-corrected chi connectivity index (χ2v) is 11.9. The summed E-state index contributed by atoms with van der Waals surface area (Å²) in [5.41, 5.74) is 9.21. The molecule has 1 heterocycles. The third kappa shape index (κ3) is 7.05. The average molecular weight is 608 g/mol. The van der Waals surface area contributed by atoms with Crippen LogP contribution in [0.25, 0.3) is 0 Å². The Hall–Kier alpha value is -5.80. The molecule has 7 rings (SSSR count). The molecule has 0 spiro atoms. The highest BCUT2D eigenvalue weighted by atomic mass is 16.1. The predicted octanol–water partition coefficient (Wildman–Crippen LogP) is 6.63. The molecule has 0 radical (unpaired) electrons. The van der Waals surface area contributed by atoms with Crippen molar-refractivity contribution in [1.82, 2.24) is 0 Å². The highest BCUT2D eigenvalue weighted by molar-refractivity contribution is 7.19. The molecule has 0 amide bonds. The van der Waals surface area contributed by atoms with Gasteiger partial charge in [-0.25, -0.2) is 0 Å². The van der Waals surface area contributed by atoms with Gasteiger partial charge in [-0.1, -0.05) is 182 Å². The summed E-state index contributed by atoms with van der Waals surface area (Å²) in [4.78, 5) is 12.4. The van der Waals surface area contributed by atoms with Crippen molar-refractivity contribution in [3.8, 4) is 0 Å². The van der Waals surface area contributed by atoms with Crippen molar-refractivity contribution in [3.63, 3.8) is 0 Å². The van der Waals surface area contributed by atoms with E-state index in [2.05, 4.69) is 145 Å². The van der Waals surface area contributed by atoms with E-state index in [1.165, 1.54) is 33.1 Å². The number of aromatic nitrogens is 1. The molecule has 0 bridgehead atoms. The van der Waals surface area contributed by atoms with E-state index in [1.807, 2.05) is 66.7 Å². The molecule has 0 saturated carbocycles. The second kappa shape index (κ2) is 15.0. The molecule has 0 aliphatic heterocycles. The number of carbonyl (C=O) groups is 1. The molecule has 0 aliphatic rings. The highest BCUT2D eigenvalue weighted by Crippen LogP contribution is 2.12. The molecule has 2 nitrogen and oxygen atoms in total. The number of benzene rings is 6. The van der Waals surface area contributed by atoms with Crippen LogP contribution in [0.4, 0.5) is 0 Å². The van der Waals surface area contributed by atoms with Crippen LogP contribution >= 0.6 is 0 Å². The quantitative estimate of drug-likeness (QED) is 0.108. The van der Waals surface area contributed by atoms with E-state index < -0.39 is 6.15 Å². The zero-order chi connectivity index (χ0) is 32.3. The van der Waals surface area contributed by atoms with Gasteiger partial charge >= 0.3 is 0 Å². The van der Waals surface area contributed by atoms with Crippen molar-refractivity contribution < 1.29 is 9.36 Å². The van der Waals surface area contributed by atoms with Crippen molar-refractivity contribution in [2.24, 2.45) is 0 Å². The highest BCUT2D eigenvalue weighted by Gasteiger charge is 2.31. The van der Waals surface area contributed by atoms with Gasteiger partial charge in [0.2, 0.25) is 0 Å². The van der Waals surface area contributed by atoms with Gasteiger partial charge in [0.1, 0.15) is 6.15 Å². The van der Waals surface area contributed by atoms with Crippen molar-refractivity contribution in [1.29, 1.82) is 0 Å². The van der Waals surface area contributed by atoms with Crippen LogP contribution in [0.1, 0.15) is 27.2 Å². The van der Waals surface area contributed by atoms with Crippen LogP contribution in [-0.2, 0) is 6.54 Å². The molecule has 0 unspecified atom stereocenters. The lowest BCUT2D eigenvalue weighted by atomic mass is 9.13. The van der Waals surface area contributed by atoms with Gasteiger partial charge < -0.3 is 0 Å². The van der Waals surface area contributed by atoms with Crippen molar-refractivity contribution in [2.45, 2.75) is 13.5 Å². The number of nitrogens with zero attached hydrogens (tertiary/aromatic N) is 1. The number of hydrogen-bond donors (Lipinski definition) is 0.